The third-order valence-corrected chi connectivity index (χ3v) is 6.23. The summed E-state index contributed by atoms with van der Waals surface area (Å²) < 4.78 is 0. The molecule has 1 fully saturated rings. The zero-order valence-corrected chi connectivity index (χ0v) is 15.1. The van der Waals surface area contributed by atoms with Crippen LogP contribution in [0, 0.1) is 5.92 Å². The van der Waals surface area contributed by atoms with Gasteiger partial charge in [0.25, 0.3) is 0 Å². The molecule has 0 bridgehead atoms. The maximum absolute atomic E-state index is 12.8. The van der Waals surface area contributed by atoms with Crippen LogP contribution in [0.4, 0.5) is 4.79 Å². The fraction of sp³-hybridized carbons (Fsp3) is 0.632. The lowest BCUT2D eigenvalue weighted by Crippen LogP contribution is -2.44. The molecule has 1 unspecified atom stereocenters. The minimum atomic E-state index is 0.0309. The van der Waals surface area contributed by atoms with Crippen LogP contribution in [0.25, 0.3) is 0 Å². The number of benzene rings is 1. The molecule has 0 saturated carbocycles. The first-order valence-electron chi connectivity index (χ1n) is 9.10. The van der Waals surface area contributed by atoms with Crippen molar-refractivity contribution < 1.29 is 9.90 Å². The Morgan fingerprint density at radius 2 is 2.04 bits per heavy atom. The Morgan fingerprint density at radius 3 is 2.83 bits per heavy atom. The number of aryl methyl sites for hydroxylation is 1. The Labute approximate surface area is 149 Å². The van der Waals surface area contributed by atoms with Gasteiger partial charge < -0.3 is 15.3 Å². The van der Waals surface area contributed by atoms with Crippen LogP contribution in [0.15, 0.2) is 24.3 Å². The Kier molecular flexibility index (Phi) is 6.44. The summed E-state index contributed by atoms with van der Waals surface area (Å²) in [6, 6.07) is 8.61. The largest absolute Gasteiger partial charge is 0.396 e. The molecule has 1 aromatic carbocycles. The maximum atomic E-state index is 12.8. The van der Waals surface area contributed by atoms with Crippen molar-refractivity contribution in [3.8, 4) is 0 Å². The summed E-state index contributed by atoms with van der Waals surface area (Å²) in [5.41, 5.74) is 2.63. The molecule has 1 atom stereocenters. The number of amides is 2. The number of nitrogens with one attached hydrogen (secondary N) is 1. The van der Waals surface area contributed by atoms with Crippen molar-refractivity contribution in [2.45, 2.75) is 38.1 Å². The van der Waals surface area contributed by atoms with Gasteiger partial charge in [-0.3, -0.25) is 0 Å². The lowest BCUT2D eigenvalue weighted by molar-refractivity contribution is 0.163. The summed E-state index contributed by atoms with van der Waals surface area (Å²) in [7, 11) is 0. The molecule has 4 nitrogen and oxygen atoms in total. The summed E-state index contributed by atoms with van der Waals surface area (Å²) in [6.45, 7) is 1.52. The van der Waals surface area contributed by atoms with E-state index in [1.165, 1.54) is 35.5 Å². The molecule has 2 aliphatic rings. The molecule has 2 N–H and O–H groups in total. The Balaban J connectivity index is 1.64. The molecule has 1 heterocycles. The van der Waals surface area contributed by atoms with Gasteiger partial charge in [0.1, 0.15) is 0 Å². The van der Waals surface area contributed by atoms with Crippen LogP contribution < -0.4 is 5.32 Å². The van der Waals surface area contributed by atoms with Crippen LogP contribution in [0.5, 0.6) is 0 Å². The highest BCUT2D eigenvalue weighted by atomic mass is 32.2. The van der Waals surface area contributed by atoms with Gasteiger partial charge in [-0.05, 0) is 60.7 Å². The molecular weight excluding hydrogens is 320 g/mol. The van der Waals surface area contributed by atoms with E-state index in [0.29, 0.717) is 18.9 Å². The minimum absolute atomic E-state index is 0.0309. The van der Waals surface area contributed by atoms with Crippen molar-refractivity contribution in [1.82, 2.24) is 10.2 Å². The number of carbonyl (C=O) groups excluding carboxylic acids is 1. The number of nitrogens with zero attached hydrogens (tertiary/aromatic N) is 1. The highest BCUT2D eigenvalue weighted by molar-refractivity contribution is 7.99. The van der Waals surface area contributed by atoms with E-state index in [1.807, 2.05) is 16.7 Å². The van der Waals surface area contributed by atoms with Crippen LogP contribution in [0.2, 0.25) is 0 Å². The second-order valence-electron chi connectivity index (χ2n) is 6.77. The Bertz CT molecular complexity index is 546. The molecule has 24 heavy (non-hydrogen) atoms. The van der Waals surface area contributed by atoms with Gasteiger partial charge in [-0.2, -0.15) is 11.8 Å². The molecule has 5 heteroatoms. The van der Waals surface area contributed by atoms with Crippen molar-refractivity contribution in [3.63, 3.8) is 0 Å². The lowest BCUT2D eigenvalue weighted by atomic mass is 10.0. The second-order valence-corrected chi connectivity index (χ2v) is 7.99. The standard InChI is InChI=1S/C19H28N2O2S/c22-11-3-10-21(18-7-6-16-4-1-2-5-17(16)18)19(23)20-14-15-8-12-24-13-9-15/h1-2,4-5,15,18,22H,3,6-14H2,(H,20,23). The third-order valence-electron chi connectivity index (χ3n) is 5.18. The van der Waals surface area contributed by atoms with Crippen molar-refractivity contribution in [2.75, 3.05) is 31.2 Å². The maximum Gasteiger partial charge on any atom is 0.317 e. The van der Waals surface area contributed by atoms with Gasteiger partial charge in [0, 0.05) is 19.7 Å². The quantitative estimate of drug-likeness (QED) is 0.830. The Hall–Kier alpha value is -1.20. The monoisotopic (exact) mass is 348 g/mol. The van der Waals surface area contributed by atoms with Crippen LogP contribution in [-0.2, 0) is 6.42 Å². The first-order chi connectivity index (χ1) is 11.8. The molecule has 3 rings (SSSR count). The summed E-state index contributed by atoms with van der Waals surface area (Å²) in [4.78, 5) is 14.8. The Morgan fingerprint density at radius 1 is 1.25 bits per heavy atom. The molecule has 1 aromatic rings. The van der Waals surface area contributed by atoms with Gasteiger partial charge in [-0.25, -0.2) is 4.79 Å². The first-order valence-corrected chi connectivity index (χ1v) is 10.3. The summed E-state index contributed by atoms with van der Waals surface area (Å²) in [5, 5.41) is 12.4. The van der Waals surface area contributed by atoms with Gasteiger partial charge in [-0.15, -0.1) is 0 Å². The number of carbonyl (C=O) groups is 1. The molecule has 0 aromatic heterocycles. The van der Waals surface area contributed by atoms with Gasteiger partial charge in [-0.1, -0.05) is 24.3 Å². The number of urea groups is 1. The van der Waals surface area contributed by atoms with Crippen LogP contribution in [0.1, 0.15) is 42.9 Å². The van der Waals surface area contributed by atoms with Crippen LogP contribution in [0.3, 0.4) is 0 Å². The van der Waals surface area contributed by atoms with E-state index in [0.717, 1.165) is 19.4 Å². The molecule has 1 aliphatic carbocycles. The van der Waals surface area contributed by atoms with Crippen molar-refractivity contribution in [3.05, 3.63) is 35.4 Å². The van der Waals surface area contributed by atoms with E-state index >= 15 is 0 Å². The smallest absolute Gasteiger partial charge is 0.317 e. The summed E-state index contributed by atoms with van der Waals surface area (Å²) >= 11 is 2.01. The highest BCUT2D eigenvalue weighted by Gasteiger charge is 2.30. The van der Waals surface area contributed by atoms with Gasteiger partial charge in [0.05, 0.1) is 6.04 Å². The number of aliphatic hydroxyl groups excluding tert-OH is 1. The highest BCUT2D eigenvalue weighted by Crippen LogP contribution is 2.35. The van der Waals surface area contributed by atoms with E-state index in [9.17, 15) is 9.90 Å². The lowest BCUT2D eigenvalue weighted by Gasteiger charge is -2.31. The average molecular weight is 349 g/mol. The average Bonchev–Trinajstić information content (AvgIpc) is 3.05. The van der Waals surface area contributed by atoms with Crippen molar-refractivity contribution >= 4 is 17.8 Å². The first kappa shape index (κ1) is 17.6. The number of fused-ring (bicyclic) bond motifs is 1. The van der Waals surface area contributed by atoms with Gasteiger partial charge >= 0.3 is 6.03 Å². The fourth-order valence-electron chi connectivity index (χ4n) is 3.78. The van der Waals surface area contributed by atoms with Crippen molar-refractivity contribution in [2.24, 2.45) is 5.92 Å². The van der Waals surface area contributed by atoms with E-state index in [-0.39, 0.29) is 18.7 Å². The van der Waals surface area contributed by atoms with Crippen LogP contribution in [-0.4, -0.2) is 47.2 Å². The molecule has 0 radical (unpaired) electrons. The van der Waals surface area contributed by atoms with E-state index in [4.69, 9.17) is 0 Å². The van der Waals surface area contributed by atoms with Gasteiger partial charge in [0.2, 0.25) is 0 Å². The zero-order valence-electron chi connectivity index (χ0n) is 14.2. The zero-order chi connectivity index (χ0) is 16.8. The fourth-order valence-corrected chi connectivity index (χ4v) is 4.99. The number of rotatable bonds is 6. The third kappa shape index (κ3) is 4.25. The van der Waals surface area contributed by atoms with Crippen molar-refractivity contribution in [1.29, 1.82) is 0 Å². The summed E-state index contributed by atoms with van der Waals surface area (Å²) in [6.07, 6.45) is 5.05. The predicted octanol–water partition coefficient (Wildman–Crippen LogP) is 3.21. The molecule has 0 spiro atoms. The van der Waals surface area contributed by atoms with E-state index < -0.39 is 0 Å². The van der Waals surface area contributed by atoms with E-state index in [2.05, 4.69) is 29.6 Å². The number of thioether (sulfide) groups is 1. The predicted molar refractivity (Wildman–Crippen MR) is 99.4 cm³/mol. The number of hydrogen-bond donors (Lipinski definition) is 2. The topological polar surface area (TPSA) is 52.6 Å². The van der Waals surface area contributed by atoms with E-state index in [1.54, 1.807) is 0 Å². The minimum Gasteiger partial charge on any atom is -0.396 e. The molecule has 2 amide bonds. The molecule has 132 valence electrons. The van der Waals surface area contributed by atoms with Gasteiger partial charge in [0.15, 0.2) is 0 Å². The normalized spacial score (nSPS) is 20.6. The summed E-state index contributed by atoms with van der Waals surface area (Å²) in [5.74, 6) is 3.04. The van der Waals surface area contributed by atoms with Crippen LogP contribution >= 0.6 is 11.8 Å². The molecule has 1 saturated heterocycles. The number of aliphatic hydroxyl groups is 1. The second kappa shape index (κ2) is 8.77. The SMILES string of the molecule is O=C(NCC1CCSCC1)N(CCCO)C1CCc2ccccc21. The molecule has 1 aliphatic heterocycles. The molecular formula is C19H28N2O2S. The number of hydrogen-bond acceptors (Lipinski definition) is 3.